The van der Waals surface area contributed by atoms with Crippen LogP contribution in [0.3, 0.4) is 0 Å². The maximum Gasteiger partial charge on any atom is 0.130 e. The summed E-state index contributed by atoms with van der Waals surface area (Å²) >= 11 is 0. The molecule has 1 saturated carbocycles. The number of nitrogens with zero attached hydrogens (tertiary/aromatic N) is 3. The zero-order valence-electron chi connectivity index (χ0n) is 11.5. The van der Waals surface area contributed by atoms with Gasteiger partial charge < -0.3 is 10.6 Å². The molecule has 19 heavy (non-hydrogen) atoms. The van der Waals surface area contributed by atoms with Gasteiger partial charge in [-0.3, -0.25) is 0 Å². The van der Waals surface area contributed by atoms with Crippen LogP contribution in [0.4, 0.5) is 5.82 Å². The Labute approximate surface area is 115 Å². The van der Waals surface area contributed by atoms with Crippen LogP contribution in [0.15, 0.2) is 18.3 Å². The number of pyridine rings is 1. The minimum Gasteiger partial charge on any atom is -0.354 e. The molecule has 2 rings (SSSR count). The molecule has 0 saturated heterocycles. The number of hydrogen-bond donors (Lipinski definition) is 1. The molecule has 102 valence electrons. The molecular weight excluding hydrogens is 236 g/mol. The Bertz CT molecular complexity index is 444. The van der Waals surface area contributed by atoms with E-state index in [4.69, 9.17) is 11.0 Å². The molecule has 1 aliphatic carbocycles. The second kappa shape index (κ2) is 6.53. The zero-order valence-corrected chi connectivity index (χ0v) is 11.5. The van der Waals surface area contributed by atoms with Crippen molar-refractivity contribution in [2.45, 2.75) is 51.1 Å². The topological polar surface area (TPSA) is 65.9 Å². The van der Waals surface area contributed by atoms with Gasteiger partial charge in [0.05, 0.1) is 11.6 Å². The molecule has 1 aromatic rings. The molecule has 1 heterocycles. The van der Waals surface area contributed by atoms with Crippen LogP contribution in [0.1, 0.15) is 44.6 Å². The number of nitrogens with two attached hydrogens (primary N) is 1. The molecule has 1 aromatic heterocycles. The lowest BCUT2D eigenvalue weighted by atomic mass is 9.90. The lowest BCUT2D eigenvalue weighted by Crippen LogP contribution is -2.41. The SMILES string of the molecule is CCCN(c1cc(C#N)ccn1)C1CCC(N)CC1. The van der Waals surface area contributed by atoms with Crippen LogP contribution in [0.5, 0.6) is 0 Å². The molecule has 0 bridgehead atoms. The lowest BCUT2D eigenvalue weighted by molar-refractivity contribution is 0.374. The van der Waals surface area contributed by atoms with Crippen molar-refractivity contribution in [1.82, 2.24) is 4.98 Å². The number of nitriles is 1. The summed E-state index contributed by atoms with van der Waals surface area (Å²) in [6.07, 6.45) is 7.23. The third-order valence-corrected chi connectivity index (χ3v) is 3.82. The van der Waals surface area contributed by atoms with Crippen LogP contribution in [0, 0.1) is 11.3 Å². The van der Waals surface area contributed by atoms with Crippen LogP contribution in [-0.4, -0.2) is 23.6 Å². The smallest absolute Gasteiger partial charge is 0.130 e. The van der Waals surface area contributed by atoms with Crippen molar-refractivity contribution in [2.75, 3.05) is 11.4 Å². The Kier molecular flexibility index (Phi) is 4.75. The highest BCUT2D eigenvalue weighted by atomic mass is 15.2. The van der Waals surface area contributed by atoms with Crippen LogP contribution in [-0.2, 0) is 0 Å². The Morgan fingerprint density at radius 2 is 2.16 bits per heavy atom. The molecule has 0 spiro atoms. The van der Waals surface area contributed by atoms with E-state index in [9.17, 15) is 0 Å². The highest BCUT2D eigenvalue weighted by Crippen LogP contribution is 2.26. The highest BCUT2D eigenvalue weighted by molar-refractivity contribution is 5.45. The number of anilines is 1. The number of aromatic nitrogens is 1. The number of rotatable bonds is 4. The zero-order chi connectivity index (χ0) is 13.7. The quantitative estimate of drug-likeness (QED) is 0.900. The molecule has 0 amide bonds. The largest absolute Gasteiger partial charge is 0.354 e. The first kappa shape index (κ1) is 13.8. The molecule has 1 fully saturated rings. The van der Waals surface area contributed by atoms with Crippen LogP contribution >= 0.6 is 0 Å². The lowest BCUT2D eigenvalue weighted by Gasteiger charge is -2.36. The monoisotopic (exact) mass is 258 g/mol. The fourth-order valence-electron chi connectivity index (χ4n) is 2.78. The third kappa shape index (κ3) is 3.45. The van der Waals surface area contributed by atoms with E-state index < -0.39 is 0 Å². The fourth-order valence-corrected chi connectivity index (χ4v) is 2.78. The molecule has 2 N–H and O–H groups in total. The predicted molar refractivity (Wildman–Crippen MR) is 76.8 cm³/mol. The van der Waals surface area contributed by atoms with E-state index in [-0.39, 0.29) is 0 Å². The molecule has 0 unspecified atom stereocenters. The van der Waals surface area contributed by atoms with E-state index in [2.05, 4.69) is 22.9 Å². The Morgan fingerprint density at radius 1 is 1.42 bits per heavy atom. The normalized spacial score (nSPS) is 22.8. The molecule has 4 heteroatoms. The maximum absolute atomic E-state index is 9.01. The fraction of sp³-hybridized carbons (Fsp3) is 0.600. The van der Waals surface area contributed by atoms with E-state index in [0.717, 1.165) is 44.5 Å². The summed E-state index contributed by atoms with van der Waals surface area (Å²) < 4.78 is 0. The Balaban J connectivity index is 2.17. The summed E-state index contributed by atoms with van der Waals surface area (Å²) in [5.74, 6) is 0.932. The van der Waals surface area contributed by atoms with Crippen molar-refractivity contribution in [3.63, 3.8) is 0 Å². The second-order valence-corrected chi connectivity index (χ2v) is 5.28. The van der Waals surface area contributed by atoms with Gasteiger partial charge in [-0.2, -0.15) is 5.26 Å². The Morgan fingerprint density at radius 3 is 2.79 bits per heavy atom. The summed E-state index contributed by atoms with van der Waals surface area (Å²) in [7, 11) is 0. The average molecular weight is 258 g/mol. The average Bonchev–Trinajstić information content (AvgIpc) is 2.46. The van der Waals surface area contributed by atoms with E-state index in [1.165, 1.54) is 0 Å². The van der Waals surface area contributed by atoms with Crippen LogP contribution < -0.4 is 10.6 Å². The second-order valence-electron chi connectivity index (χ2n) is 5.28. The van der Waals surface area contributed by atoms with Crippen molar-refractivity contribution in [2.24, 2.45) is 5.73 Å². The van der Waals surface area contributed by atoms with Crippen molar-refractivity contribution in [3.8, 4) is 6.07 Å². The molecule has 4 nitrogen and oxygen atoms in total. The van der Waals surface area contributed by atoms with Gasteiger partial charge in [0.15, 0.2) is 0 Å². The Hall–Kier alpha value is -1.60. The predicted octanol–water partition coefficient (Wildman–Crippen LogP) is 2.44. The minimum atomic E-state index is 0.359. The summed E-state index contributed by atoms with van der Waals surface area (Å²) in [6, 6.07) is 6.71. The first-order chi connectivity index (χ1) is 9.24. The van der Waals surface area contributed by atoms with Crippen LogP contribution in [0.25, 0.3) is 0 Å². The van der Waals surface area contributed by atoms with E-state index in [1.54, 1.807) is 12.3 Å². The van der Waals surface area contributed by atoms with Crippen LogP contribution in [0.2, 0.25) is 0 Å². The van der Waals surface area contributed by atoms with E-state index >= 15 is 0 Å². The molecule has 0 aromatic carbocycles. The standard InChI is InChI=1S/C15H22N4/c1-2-9-19(14-5-3-13(17)4-6-14)15-10-12(11-16)7-8-18-15/h7-8,10,13-14H,2-6,9,17H2,1H3. The highest BCUT2D eigenvalue weighted by Gasteiger charge is 2.24. The molecule has 0 atom stereocenters. The summed E-state index contributed by atoms with van der Waals surface area (Å²) in [5.41, 5.74) is 6.66. The third-order valence-electron chi connectivity index (χ3n) is 3.82. The van der Waals surface area contributed by atoms with Crippen molar-refractivity contribution in [3.05, 3.63) is 23.9 Å². The number of hydrogen-bond acceptors (Lipinski definition) is 4. The molecular formula is C15H22N4. The van der Waals surface area contributed by atoms with Gasteiger partial charge in [-0.15, -0.1) is 0 Å². The van der Waals surface area contributed by atoms with Gasteiger partial charge in [-0.05, 0) is 44.2 Å². The van der Waals surface area contributed by atoms with E-state index in [1.807, 2.05) is 6.07 Å². The molecule has 1 aliphatic rings. The van der Waals surface area contributed by atoms with Gasteiger partial charge in [0.25, 0.3) is 0 Å². The minimum absolute atomic E-state index is 0.359. The summed E-state index contributed by atoms with van der Waals surface area (Å²) in [6.45, 7) is 3.16. The van der Waals surface area contributed by atoms with Gasteiger partial charge >= 0.3 is 0 Å². The maximum atomic E-state index is 9.01. The first-order valence-corrected chi connectivity index (χ1v) is 7.13. The van der Waals surface area contributed by atoms with Gasteiger partial charge in [-0.25, -0.2) is 4.98 Å². The molecule has 0 aliphatic heterocycles. The van der Waals surface area contributed by atoms with Crippen molar-refractivity contribution in [1.29, 1.82) is 5.26 Å². The van der Waals surface area contributed by atoms with Gasteiger partial charge in [0, 0.05) is 24.8 Å². The first-order valence-electron chi connectivity index (χ1n) is 7.13. The van der Waals surface area contributed by atoms with Gasteiger partial charge in [0.2, 0.25) is 0 Å². The summed E-state index contributed by atoms with van der Waals surface area (Å²) in [4.78, 5) is 6.80. The van der Waals surface area contributed by atoms with Gasteiger partial charge in [-0.1, -0.05) is 6.92 Å². The molecule has 0 radical (unpaired) electrons. The van der Waals surface area contributed by atoms with Crippen molar-refractivity contribution < 1.29 is 0 Å². The van der Waals surface area contributed by atoms with E-state index in [0.29, 0.717) is 17.6 Å². The van der Waals surface area contributed by atoms with Gasteiger partial charge in [0.1, 0.15) is 5.82 Å². The van der Waals surface area contributed by atoms with Crippen molar-refractivity contribution >= 4 is 5.82 Å². The summed E-state index contributed by atoms with van der Waals surface area (Å²) in [5, 5.41) is 9.01.